The van der Waals surface area contributed by atoms with E-state index < -0.39 is 5.97 Å². The standard InChI is InChI=1S/C13H28.C4H8O2/c1-3-5-7-9-11-13-12-10-8-6-4-2;1-2-3-4(5)6/h3-13H2,1-2H3;2-3H2,1H3,(H,5,6). The average Bonchev–Trinajstić information content (AvgIpc) is 2.37. The van der Waals surface area contributed by atoms with Crippen molar-refractivity contribution in [3.05, 3.63) is 0 Å². The molecule has 0 aromatic rings. The molecule has 2 nitrogen and oxygen atoms in total. The maximum absolute atomic E-state index is 9.60. The maximum Gasteiger partial charge on any atom is 0.303 e. The third-order valence-electron chi connectivity index (χ3n) is 3.17. The van der Waals surface area contributed by atoms with Gasteiger partial charge in [-0.05, 0) is 6.42 Å². The fourth-order valence-electron chi connectivity index (χ4n) is 1.95. The molecule has 1 N–H and O–H groups in total. The van der Waals surface area contributed by atoms with Crippen molar-refractivity contribution in [3.63, 3.8) is 0 Å². The molecule has 2 heteroatoms. The van der Waals surface area contributed by atoms with Crippen molar-refractivity contribution in [2.24, 2.45) is 0 Å². The number of carbonyl (C=O) groups is 1. The fourth-order valence-corrected chi connectivity index (χ4v) is 1.95. The van der Waals surface area contributed by atoms with Crippen LogP contribution in [-0.4, -0.2) is 11.1 Å². The van der Waals surface area contributed by atoms with Gasteiger partial charge in [0.2, 0.25) is 0 Å². The van der Waals surface area contributed by atoms with E-state index in [4.69, 9.17) is 5.11 Å². The van der Waals surface area contributed by atoms with Gasteiger partial charge in [0.1, 0.15) is 0 Å². The zero-order chi connectivity index (χ0) is 14.8. The minimum atomic E-state index is -0.711. The molecule has 0 rings (SSSR count). The third-order valence-corrected chi connectivity index (χ3v) is 3.17. The Hall–Kier alpha value is -0.530. The van der Waals surface area contributed by atoms with Crippen molar-refractivity contribution in [3.8, 4) is 0 Å². The van der Waals surface area contributed by atoms with Gasteiger partial charge in [0.05, 0.1) is 0 Å². The van der Waals surface area contributed by atoms with Crippen LogP contribution in [0.3, 0.4) is 0 Å². The van der Waals surface area contributed by atoms with Crippen LogP contribution in [-0.2, 0) is 4.79 Å². The minimum Gasteiger partial charge on any atom is -0.481 e. The zero-order valence-corrected chi connectivity index (χ0v) is 13.5. The van der Waals surface area contributed by atoms with Gasteiger partial charge in [-0.15, -0.1) is 0 Å². The van der Waals surface area contributed by atoms with Crippen LogP contribution < -0.4 is 0 Å². The Morgan fingerprint density at radius 3 is 1.11 bits per heavy atom. The highest BCUT2D eigenvalue weighted by atomic mass is 16.4. The molecule has 116 valence electrons. The molecule has 0 heterocycles. The molecule has 0 radical (unpaired) electrons. The number of unbranched alkanes of at least 4 members (excludes halogenated alkanes) is 10. The molecular formula is C17H36O2. The van der Waals surface area contributed by atoms with Gasteiger partial charge >= 0.3 is 5.97 Å². The molecule has 0 saturated carbocycles. The summed E-state index contributed by atoms with van der Waals surface area (Å²) in [5.41, 5.74) is 0. The lowest BCUT2D eigenvalue weighted by Crippen LogP contribution is -1.90. The van der Waals surface area contributed by atoms with Crippen LogP contribution >= 0.6 is 0 Å². The van der Waals surface area contributed by atoms with Crippen LogP contribution in [0.1, 0.15) is 104 Å². The summed E-state index contributed by atoms with van der Waals surface area (Å²) in [5, 5.41) is 7.91. The monoisotopic (exact) mass is 272 g/mol. The van der Waals surface area contributed by atoms with Crippen LogP contribution in [0.4, 0.5) is 0 Å². The van der Waals surface area contributed by atoms with Crippen molar-refractivity contribution in [1.82, 2.24) is 0 Å². The molecular weight excluding hydrogens is 236 g/mol. The van der Waals surface area contributed by atoms with Gasteiger partial charge in [0.25, 0.3) is 0 Å². The summed E-state index contributed by atoms with van der Waals surface area (Å²) >= 11 is 0. The quantitative estimate of drug-likeness (QED) is 0.430. The first-order valence-corrected chi connectivity index (χ1v) is 8.40. The summed E-state index contributed by atoms with van der Waals surface area (Å²) in [4.78, 5) is 9.60. The molecule has 0 aliphatic rings. The van der Waals surface area contributed by atoms with Crippen molar-refractivity contribution in [1.29, 1.82) is 0 Å². The van der Waals surface area contributed by atoms with E-state index in [1.165, 1.54) is 70.6 Å². The van der Waals surface area contributed by atoms with E-state index in [1.54, 1.807) is 0 Å². The van der Waals surface area contributed by atoms with Gasteiger partial charge in [-0.2, -0.15) is 0 Å². The highest BCUT2D eigenvalue weighted by Gasteiger charge is 1.91. The summed E-state index contributed by atoms with van der Waals surface area (Å²) in [6.07, 6.45) is 17.0. The Morgan fingerprint density at radius 1 is 0.632 bits per heavy atom. The van der Waals surface area contributed by atoms with E-state index >= 15 is 0 Å². The van der Waals surface area contributed by atoms with Gasteiger partial charge in [0.15, 0.2) is 0 Å². The fraction of sp³-hybridized carbons (Fsp3) is 0.941. The molecule has 0 fully saturated rings. The Kier molecular flexibility index (Phi) is 21.7. The Morgan fingerprint density at radius 2 is 0.947 bits per heavy atom. The van der Waals surface area contributed by atoms with Gasteiger partial charge in [-0.1, -0.05) is 91.4 Å². The second-order valence-corrected chi connectivity index (χ2v) is 5.33. The number of hydrogen-bond acceptors (Lipinski definition) is 1. The summed E-state index contributed by atoms with van der Waals surface area (Å²) in [7, 11) is 0. The van der Waals surface area contributed by atoms with Gasteiger partial charge in [0, 0.05) is 6.42 Å². The summed E-state index contributed by atoms with van der Waals surface area (Å²) in [6, 6.07) is 0. The van der Waals surface area contributed by atoms with Crippen LogP contribution in [0.25, 0.3) is 0 Å². The van der Waals surface area contributed by atoms with Crippen LogP contribution in [0.15, 0.2) is 0 Å². The summed E-state index contributed by atoms with van der Waals surface area (Å²) in [6.45, 7) is 6.41. The van der Waals surface area contributed by atoms with E-state index in [-0.39, 0.29) is 0 Å². The van der Waals surface area contributed by atoms with Gasteiger partial charge < -0.3 is 5.11 Å². The van der Waals surface area contributed by atoms with Crippen LogP contribution in [0.2, 0.25) is 0 Å². The third kappa shape index (κ3) is 26.9. The lowest BCUT2D eigenvalue weighted by atomic mass is 10.1. The molecule has 0 amide bonds. The lowest BCUT2D eigenvalue weighted by Gasteiger charge is -2.00. The molecule has 0 spiro atoms. The van der Waals surface area contributed by atoms with Crippen molar-refractivity contribution < 1.29 is 9.90 Å². The van der Waals surface area contributed by atoms with E-state index in [1.807, 2.05) is 6.92 Å². The SMILES string of the molecule is CCCC(=O)O.CCCCCCCCCCCCC. The Balaban J connectivity index is 0. The first-order valence-electron chi connectivity index (χ1n) is 8.40. The molecule has 0 bridgehead atoms. The van der Waals surface area contributed by atoms with Crippen molar-refractivity contribution in [2.45, 2.75) is 104 Å². The Bertz CT molecular complexity index is 157. The molecule has 0 aliphatic heterocycles. The number of aliphatic carboxylic acids is 1. The van der Waals surface area contributed by atoms with E-state index in [2.05, 4.69) is 13.8 Å². The second kappa shape index (κ2) is 19.8. The van der Waals surface area contributed by atoms with Crippen molar-refractivity contribution >= 4 is 5.97 Å². The van der Waals surface area contributed by atoms with E-state index in [9.17, 15) is 4.79 Å². The van der Waals surface area contributed by atoms with E-state index in [0.29, 0.717) is 6.42 Å². The van der Waals surface area contributed by atoms with Gasteiger partial charge in [-0.25, -0.2) is 0 Å². The number of rotatable bonds is 12. The molecule has 0 aromatic heterocycles. The molecule has 0 unspecified atom stereocenters. The summed E-state index contributed by atoms with van der Waals surface area (Å²) < 4.78 is 0. The first-order chi connectivity index (χ1) is 9.18. The predicted molar refractivity (Wildman–Crippen MR) is 84.7 cm³/mol. The smallest absolute Gasteiger partial charge is 0.303 e. The molecule has 0 atom stereocenters. The molecule has 19 heavy (non-hydrogen) atoms. The number of carboxylic acid groups (broad SMARTS) is 1. The normalized spacial score (nSPS) is 9.84. The zero-order valence-electron chi connectivity index (χ0n) is 13.5. The Labute approximate surface area is 121 Å². The molecule has 0 aromatic carbocycles. The molecule has 0 saturated heterocycles. The van der Waals surface area contributed by atoms with Crippen molar-refractivity contribution in [2.75, 3.05) is 0 Å². The number of carboxylic acids is 1. The first kappa shape index (κ1) is 20.8. The average molecular weight is 272 g/mol. The van der Waals surface area contributed by atoms with Gasteiger partial charge in [-0.3, -0.25) is 4.79 Å². The van der Waals surface area contributed by atoms with Crippen LogP contribution in [0, 0.1) is 0 Å². The lowest BCUT2D eigenvalue weighted by molar-refractivity contribution is -0.137. The topological polar surface area (TPSA) is 37.3 Å². The van der Waals surface area contributed by atoms with Crippen LogP contribution in [0.5, 0.6) is 0 Å². The predicted octanol–water partition coefficient (Wildman–Crippen LogP) is 6.19. The second-order valence-electron chi connectivity index (χ2n) is 5.33. The highest BCUT2D eigenvalue weighted by molar-refractivity contribution is 5.66. The van der Waals surface area contributed by atoms with E-state index in [0.717, 1.165) is 6.42 Å². The molecule has 0 aliphatic carbocycles. The summed E-state index contributed by atoms with van der Waals surface area (Å²) in [5.74, 6) is -0.711. The maximum atomic E-state index is 9.60. The minimum absolute atomic E-state index is 0.292. The number of hydrogen-bond donors (Lipinski definition) is 1. The largest absolute Gasteiger partial charge is 0.481 e. The highest BCUT2D eigenvalue weighted by Crippen LogP contribution is 2.10.